The molecule has 0 bridgehead atoms. The zero-order valence-corrected chi connectivity index (χ0v) is 10.1. The molecule has 2 aromatic rings. The number of benzene rings is 1. The van der Waals surface area contributed by atoms with E-state index in [1.807, 2.05) is 19.1 Å². The third-order valence-corrected chi connectivity index (χ3v) is 2.58. The summed E-state index contributed by atoms with van der Waals surface area (Å²) in [5.74, 6) is 0.974. The van der Waals surface area contributed by atoms with Crippen LogP contribution in [0.3, 0.4) is 0 Å². The molecule has 0 aliphatic rings. The Morgan fingerprint density at radius 2 is 2.12 bits per heavy atom. The normalized spacial score (nSPS) is 10.3. The number of aryl methyl sites for hydroxylation is 1. The topological polar surface area (TPSA) is 42.4 Å². The summed E-state index contributed by atoms with van der Waals surface area (Å²) >= 11 is 6.05. The molecule has 0 aliphatic heterocycles. The van der Waals surface area contributed by atoms with Crippen LogP contribution < -0.4 is 4.74 Å². The van der Waals surface area contributed by atoms with E-state index in [9.17, 15) is 0 Å². The molecule has 0 amide bonds. The number of hydrogen-bond donors (Lipinski definition) is 1. The van der Waals surface area contributed by atoms with Gasteiger partial charge in [-0.3, -0.25) is 0 Å². The quantitative estimate of drug-likeness (QED) is 0.907. The minimum absolute atomic E-state index is 0.0412. The summed E-state index contributed by atoms with van der Waals surface area (Å²) < 4.78 is 5.55. The lowest BCUT2D eigenvalue weighted by Crippen LogP contribution is -1.91. The molecule has 17 heavy (non-hydrogen) atoms. The molecular weight excluding hydrogens is 238 g/mol. The SMILES string of the molecule is Cc1ccc(Oc2cc(CO)ccn2)c(Cl)c1. The Hall–Kier alpha value is -1.58. The predicted octanol–water partition coefficient (Wildman–Crippen LogP) is 3.33. The van der Waals surface area contributed by atoms with E-state index < -0.39 is 0 Å². The van der Waals surface area contributed by atoms with Gasteiger partial charge in [0.1, 0.15) is 5.75 Å². The van der Waals surface area contributed by atoms with Gasteiger partial charge < -0.3 is 9.84 Å². The molecule has 0 aliphatic carbocycles. The second-order valence-electron chi connectivity index (χ2n) is 3.70. The highest BCUT2D eigenvalue weighted by Crippen LogP contribution is 2.29. The first-order valence-electron chi connectivity index (χ1n) is 5.19. The molecule has 1 aromatic heterocycles. The van der Waals surface area contributed by atoms with Crippen molar-refractivity contribution in [2.75, 3.05) is 0 Å². The molecular formula is C13H12ClNO2. The Bertz CT molecular complexity index is 529. The van der Waals surface area contributed by atoms with Crippen LogP contribution in [0.1, 0.15) is 11.1 Å². The lowest BCUT2D eigenvalue weighted by atomic mass is 10.2. The van der Waals surface area contributed by atoms with E-state index in [0.717, 1.165) is 11.1 Å². The number of aliphatic hydroxyl groups is 1. The highest BCUT2D eigenvalue weighted by molar-refractivity contribution is 6.32. The van der Waals surface area contributed by atoms with Crippen LogP contribution in [0.5, 0.6) is 11.6 Å². The number of rotatable bonds is 3. The van der Waals surface area contributed by atoms with Crippen molar-refractivity contribution in [2.24, 2.45) is 0 Å². The lowest BCUT2D eigenvalue weighted by Gasteiger charge is -2.07. The zero-order chi connectivity index (χ0) is 12.3. The number of pyridine rings is 1. The van der Waals surface area contributed by atoms with Crippen molar-refractivity contribution < 1.29 is 9.84 Å². The van der Waals surface area contributed by atoms with Gasteiger partial charge in [0, 0.05) is 12.3 Å². The molecule has 4 heteroatoms. The standard InChI is InChI=1S/C13H12ClNO2/c1-9-2-3-12(11(14)6-9)17-13-7-10(8-16)4-5-15-13/h2-7,16H,8H2,1H3. The Balaban J connectivity index is 2.25. The van der Waals surface area contributed by atoms with Crippen LogP contribution in [-0.4, -0.2) is 10.1 Å². The van der Waals surface area contributed by atoms with Gasteiger partial charge in [-0.1, -0.05) is 17.7 Å². The van der Waals surface area contributed by atoms with Crippen molar-refractivity contribution in [3.8, 4) is 11.6 Å². The first-order chi connectivity index (χ1) is 8.19. The van der Waals surface area contributed by atoms with Crippen molar-refractivity contribution in [2.45, 2.75) is 13.5 Å². The Morgan fingerprint density at radius 3 is 2.82 bits per heavy atom. The van der Waals surface area contributed by atoms with Gasteiger partial charge >= 0.3 is 0 Å². The van der Waals surface area contributed by atoms with E-state index in [4.69, 9.17) is 21.4 Å². The van der Waals surface area contributed by atoms with Crippen LogP contribution in [0, 0.1) is 6.92 Å². The van der Waals surface area contributed by atoms with Crippen molar-refractivity contribution >= 4 is 11.6 Å². The van der Waals surface area contributed by atoms with Gasteiger partial charge in [-0.25, -0.2) is 4.98 Å². The first kappa shape index (κ1) is 11.9. The van der Waals surface area contributed by atoms with Gasteiger partial charge in [0.2, 0.25) is 5.88 Å². The number of hydrogen-bond acceptors (Lipinski definition) is 3. The molecule has 1 N–H and O–H groups in total. The molecule has 0 saturated carbocycles. The van der Waals surface area contributed by atoms with Gasteiger partial charge in [-0.2, -0.15) is 0 Å². The van der Waals surface area contributed by atoms with Gasteiger partial charge in [-0.05, 0) is 36.2 Å². The van der Waals surface area contributed by atoms with Crippen LogP contribution in [0.15, 0.2) is 36.5 Å². The molecule has 0 saturated heterocycles. The number of aliphatic hydroxyl groups excluding tert-OH is 1. The largest absolute Gasteiger partial charge is 0.437 e. The second-order valence-corrected chi connectivity index (χ2v) is 4.10. The van der Waals surface area contributed by atoms with Crippen LogP contribution in [0.4, 0.5) is 0 Å². The monoisotopic (exact) mass is 249 g/mol. The minimum atomic E-state index is -0.0412. The van der Waals surface area contributed by atoms with E-state index in [-0.39, 0.29) is 6.61 Å². The molecule has 2 rings (SSSR count). The average Bonchev–Trinajstić information content (AvgIpc) is 2.33. The van der Waals surface area contributed by atoms with E-state index in [0.29, 0.717) is 16.7 Å². The highest BCUT2D eigenvalue weighted by atomic mass is 35.5. The fourth-order valence-electron chi connectivity index (χ4n) is 1.41. The molecule has 1 heterocycles. The summed E-state index contributed by atoms with van der Waals surface area (Å²) in [4.78, 5) is 4.05. The predicted molar refractivity (Wildman–Crippen MR) is 66.4 cm³/mol. The van der Waals surface area contributed by atoms with Crippen molar-refractivity contribution in [1.82, 2.24) is 4.98 Å². The van der Waals surface area contributed by atoms with Crippen molar-refractivity contribution in [3.63, 3.8) is 0 Å². The summed E-state index contributed by atoms with van der Waals surface area (Å²) in [6.07, 6.45) is 1.59. The number of ether oxygens (including phenoxy) is 1. The summed E-state index contributed by atoms with van der Waals surface area (Å²) in [7, 11) is 0. The Kier molecular flexibility index (Phi) is 3.61. The fraction of sp³-hybridized carbons (Fsp3) is 0.154. The van der Waals surface area contributed by atoms with Gasteiger partial charge in [0.15, 0.2) is 0 Å². The molecule has 0 fully saturated rings. The van der Waals surface area contributed by atoms with Crippen molar-refractivity contribution in [3.05, 3.63) is 52.7 Å². The molecule has 0 atom stereocenters. The third kappa shape index (κ3) is 2.96. The Morgan fingerprint density at radius 1 is 1.29 bits per heavy atom. The summed E-state index contributed by atoms with van der Waals surface area (Å²) in [5, 5.41) is 9.55. The maximum absolute atomic E-state index is 9.01. The number of aromatic nitrogens is 1. The van der Waals surface area contributed by atoms with Crippen LogP contribution in [-0.2, 0) is 6.61 Å². The minimum Gasteiger partial charge on any atom is -0.437 e. The molecule has 1 aromatic carbocycles. The fourth-order valence-corrected chi connectivity index (χ4v) is 1.68. The molecule has 0 radical (unpaired) electrons. The van der Waals surface area contributed by atoms with Gasteiger partial charge in [-0.15, -0.1) is 0 Å². The van der Waals surface area contributed by atoms with E-state index >= 15 is 0 Å². The first-order valence-corrected chi connectivity index (χ1v) is 5.56. The number of halogens is 1. The molecule has 3 nitrogen and oxygen atoms in total. The van der Waals surface area contributed by atoms with Crippen LogP contribution in [0.25, 0.3) is 0 Å². The van der Waals surface area contributed by atoms with Gasteiger partial charge in [0.25, 0.3) is 0 Å². The maximum atomic E-state index is 9.01. The summed E-state index contributed by atoms with van der Waals surface area (Å²) in [6, 6.07) is 8.94. The molecule has 0 unspecified atom stereocenters. The summed E-state index contributed by atoms with van der Waals surface area (Å²) in [5.41, 5.74) is 1.82. The second kappa shape index (κ2) is 5.17. The lowest BCUT2D eigenvalue weighted by molar-refractivity contribution is 0.281. The smallest absolute Gasteiger partial charge is 0.219 e. The van der Waals surface area contributed by atoms with Crippen LogP contribution in [0.2, 0.25) is 5.02 Å². The van der Waals surface area contributed by atoms with Crippen molar-refractivity contribution in [1.29, 1.82) is 0 Å². The van der Waals surface area contributed by atoms with Gasteiger partial charge in [0.05, 0.1) is 11.6 Å². The molecule has 88 valence electrons. The average molecular weight is 250 g/mol. The molecule has 0 spiro atoms. The van der Waals surface area contributed by atoms with E-state index in [2.05, 4.69) is 4.98 Å². The zero-order valence-electron chi connectivity index (χ0n) is 9.35. The highest BCUT2D eigenvalue weighted by Gasteiger charge is 2.04. The third-order valence-electron chi connectivity index (χ3n) is 2.28. The Labute approximate surface area is 105 Å². The maximum Gasteiger partial charge on any atom is 0.219 e. The number of nitrogens with zero attached hydrogens (tertiary/aromatic N) is 1. The van der Waals surface area contributed by atoms with E-state index in [1.165, 1.54) is 0 Å². The van der Waals surface area contributed by atoms with Crippen LogP contribution >= 0.6 is 11.6 Å². The van der Waals surface area contributed by atoms with E-state index in [1.54, 1.807) is 24.4 Å². The summed E-state index contributed by atoms with van der Waals surface area (Å²) in [6.45, 7) is 1.92.